The highest BCUT2D eigenvalue weighted by Gasteiger charge is 2.28. The topological polar surface area (TPSA) is 51.7 Å². The number of rotatable bonds is 2. The van der Waals surface area contributed by atoms with E-state index < -0.39 is 0 Å². The highest BCUT2D eigenvalue weighted by Crippen LogP contribution is 2.40. The molecule has 1 saturated heterocycles. The molecule has 1 amide bonds. The van der Waals surface area contributed by atoms with E-state index in [0.29, 0.717) is 41.1 Å². The molecule has 0 bridgehead atoms. The first-order chi connectivity index (χ1) is 13.2. The molecule has 0 aliphatic carbocycles. The van der Waals surface area contributed by atoms with Crippen molar-refractivity contribution in [3.05, 3.63) is 52.0 Å². The molecule has 3 aromatic rings. The van der Waals surface area contributed by atoms with Crippen LogP contribution in [-0.4, -0.2) is 35.7 Å². The number of likely N-dealkylation sites (tertiary alicyclic amines) is 1. The van der Waals surface area contributed by atoms with E-state index in [1.54, 1.807) is 23.5 Å². The van der Waals surface area contributed by atoms with Crippen LogP contribution in [0.5, 0.6) is 11.5 Å². The third-order valence-corrected chi connectivity index (χ3v) is 6.60. The molecule has 0 radical (unpaired) electrons. The lowest BCUT2D eigenvalue weighted by atomic mass is 9.97. The molecule has 2 aliphatic rings. The van der Waals surface area contributed by atoms with Crippen molar-refractivity contribution in [2.45, 2.75) is 18.8 Å². The van der Waals surface area contributed by atoms with Crippen molar-refractivity contribution >= 4 is 39.1 Å². The number of hydrogen-bond acceptors (Lipinski definition) is 5. The zero-order chi connectivity index (χ0) is 18.4. The van der Waals surface area contributed by atoms with E-state index in [0.717, 1.165) is 18.4 Å². The molecule has 138 valence electrons. The number of halogens is 1. The maximum absolute atomic E-state index is 12.9. The molecule has 2 aliphatic heterocycles. The first-order valence-electron chi connectivity index (χ1n) is 8.93. The second-order valence-corrected chi connectivity index (χ2v) is 8.25. The number of carbonyl (C=O) groups is 1. The molecule has 1 fully saturated rings. The van der Waals surface area contributed by atoms with Crippen molar-refractivity contribution in [1.82, 2.24) is 9.88 Å². The van der Waals surface area contributed by atoms with Gasteiger partial charge in [-0.05, 0) is 37.1 Å². The average molecular weight is 401 g/mol. The predicted molar refractivity (Wildman–Crippen MR) is 105 cm³/mol. The van der Waals surface area contributed by atoms with Gasteiger partial charge < -0.3 is 14.4 Å². The van der Waals surface area contributed by atoms with Gasteiger partial charge in [0, 0.05) is 24.6 Å². The minimum absolute atomic E-state index is 0.0158. The second-order valence-electron chi connectivity index (χ2n) is 6.78. The van der Waals surface area contributed by atoms with E-state index >= 15 is 0 Å². The van der Waals surface area contributed by atoms with Gasteiger partial charge in [0.15, 0.2) is 11.5 Å². The number of piperidine rings is 1. The van der Waals surface area contributed by atoms with Gasteiger partial charge in [-0.15, -0.1) is 11.3 Å². The molecule has 0 unspecified atom stereocenters. The molecule has 0 saturated carbocycles. The maximum atomic E-state index is 12.9. The van der Waals surface area contributed by atoms with Crippen molar-refractivity contribution in [3.63, 3.8) is 0 Å². The zero-order valence-corrected chi connectivity index (χ0v) is 16.1. The Morgan fingerprint density at radius 1 is 1.19 bits per heavy atom. The standard InChI is InChI=1S/C20H17ClN2O3S/c21-14-9-13(10-16-18(14)26-11-25-16)20(24)23-7-5-12(6-8-23)19-22-15-3-1-2-4-17(15)27-19/h1-4,9-10,12H,5-8,11H2. The Bertz CT molecular complexity index is 994. The minimum atomic E-state index is -0.0158. The second kappa shape index (κ2) is 6.69. The van der Waals surface area contributed by atoms with Gasteiger partial charge in [0.1, 0.15) is 0 Å². The summed E-state index contributed by atoms with van der Waals surface area (Å²) in [4.78, 5) is 19.6. The summed E-state index contributed by atoms with van der Waals surface area (Å²) < 4.78 is 11.9. The van der Waals surface area contributed by atoms with E-state index in [9.17, 15) is 4.79 Å². The SMILES string of the molecule is O=C(c1cc(Cl)c2c(c1)OCO2)N1CCC(c2nc3ccccc3s2)CC1. The van der Waals surface area contributed by atoms with Crippen LogP contribution >= 0.6 is 22.9 Å². The molecular formula is C20H17ClN2O3S. The Balaban J connectivity index is 1.30. The van der Waals surface area contributed by atoms with Crippen LogP contribution in [0.1, 0.15) is 34.1 Å². The maximum Gasteiger partial charge on any atom is 0.254 e. The molecular weight excluding hydrogens is 384 g/mol. The molecule has 0 atom stereocenters. The van der Waals surface area contributed by atoms with Crippen molar-refractivity contribution < 1.29 is 14.3 Å². The summed E-state index contributed by atoms with van der Waals surface area (Å²) in [5.41, 5.74) is 1.61. The van der Waals surface area contributed by atoms with Crippen LogP contribution in [-0.2, 0) is 0 Å². The van der Waals surface area contributed by atoms with Crippen LogP contribution < -0.4 is 9.47 Å². The Kier molecular flexibility index (Phi) is 4.17. The summed E-state index contributed by atoms with van der Waals surface area (Å²) in [6, 6.07) is 11.6. The van der Waals surface area contributed by atoms with E-state index in [1.807, 2.05) is 17.0 Å². The van der Waals surface area contributed by atoms with Gasteiger partial charge >= 0.3 is 0 Å². The first kappa shape index (κ1) is 16.8. The zero-order valence-electron chi connectivity index (χ0n) is 14.5. The summed E-state index contributed by atoms with van der Waals surface area (Å²) in [6.07, 6.45) is 1.84. The summed E-state index contributed by atoms with van der Waals surface area (Å²) >= 11 is 7.98. The van der Waals surface area contributed by atoms with Gasteiger partial charge in [-0.25, -0.2) is 4.98 Å². The molecule has 1 aromatic heterocycles. The van der Waals surface area contributed by atoms with Crippen molar-refractivity contribution in [2.24, 2.45) is 0 Å². The van der Waals surface area contributed by atoms with Gasteiger partial charge in [-0.1, -0.05) is 23.7 Å². The van der Waals surface area contributed by atoms with Gasteiger partial charge in [0.05, 0.1) is 20.2 Å². The molecule has 3 heterocycles. The first-order valence-corrected chi connectivity index (χ1v) is 10.1. The highest BCUT2D eigenvalue weighted by atomic mass is 35.5. The van der Waals surface area contributed by atoms with Gasteiger partial charge in [-0.2, -0.15) is 0 Å². The molecule has 27 heavy (non-hydrogen) atoms. The molecule has 0 N–H and O–H groups in total. The largest absolute Gasteiger partial charge is 0.454 e. The molecule has 0 spiro atoms. The molecule has 5 rings (SSSR count). The Morgan fingerprint density at radius 3 is 2.81 bits per heavy atom. The Morgan fingerprint density at radius 2 is 2.00 bits per heavy atom. The average Bonchev–Trinajstić information content (AvgIpc) is 3.34. The van der Waals surface area contributed by atoms with E-state index in [4.69, 9.17) is 26.1 Å². The number of fused-ring (bicyclic) bond motifs is 2. The number of para-hydroxylation sites is 1. The normalized spacial score (nSPS) is 16.9. The lowest BCUT2D eigenvalue weighted by molar-refractivity contribution is 0.0712. The van der Waals surface area contributed by atoms with Crippen LogP contribution in [0.15, 0.2) is 36.4 Å². The smallest absolute Gasteiger partial charge is 0.254 e. The Hall–Kier alpha value is -2.31. The van der Waals surface area contributed by atoms with Crippen LogP contribution in [0.3, 0.4) is 0 Å². The quantitative estimate of drug-likeness (QED) is 0.625. The summed E-state index contributed by atoms with van der Waals surface area (Å²) in [5.74, 6) is 1.45. The fourth-order valence-electron chi connectivity index (χ4n) is 3.67. The third-order valence-electron chi connectivity index (χ3n) is 5.12. The number of amides is 1. The van der Waals surface area contributed by atoms with Crippen LogP contribution in [0.4, 0.5) is 0 Å². The van der Waals surface area contributed by atoms with E-state index in [1.165, 1.54) is 9.71 Å². The third kappa shape index (κ3) is 3.03. The predicted octanol–water partition coefficient (Wildman–Crippen LogP) is 4.70. The number of aromatic nitrogens is 1. The lowest BCUT2D eigenvalue weighted by Crippen LogP contribution is -2.37. The van der Waals surface area contributed by atoms with Crippen LogP contribution in [0.2, 0.25) is 5.02 Å². The van der Waals surface area contributed by atoms with Gasteiger partial charge in [0.25, 0.3) is 5.91 Å². The van der Waals surface area contributed by atoms with Crippen molar-refractivity contribution in [1.29, 1.82) is 0 Å². The number of nitrogens with zero attached hydrogens (tertiary/aromatic N) is 2. The Labute approximate surface area is 165 Å². The summed E-state index contributed by atoms with van der Waals surface area (Å²) in [6.45, 7) is 1.57. The fraction of sp³-hybridized carbons (Fsp3) is 0.300. The van der Waals surface area contributed by atoms with E-state index in [2.05, 4.69) is 12.1 Å². The monoisotopic (exact) mass is 400 g/mol. The van der Waals surface area contributed by atoms with E-state index in [-0.39, 0.29) is 12.7 Å². The van der Waals surface area contributed by atoms with Crippen LogP contribution in [0.25, 0.3) is 10.2 Å². The number of benzene rings is 2. The lowest BCUT2D eigenvalue weighted by Gasteiger charge is -2.31. The van der Waals surface area contributed by atoms with Gasteiger partial charge in [-0.3, -0.25) is 4.79 Å². The van der Waals surface area contributed by atoms with Crippen LogP contribution in [0, 0.1) is 0 Å². The fourth-order valence-corrected chi connectivity index (χ4v) is 5.07. The van der Waals surface area contributed by atoms with Crippen molar-refractivity contribution in [2.75, 3.05) is 19.9 Å². The number of thiazole rings is 1. The molecule has 2 aromatic carbocycles. The highest BCUT2D eigenvalue weighted by molar-refractivity contribution is 7.18. The van der Waals surface area contributed by atoms with Gasteiger partial charge in [0.2, 0.25) is 6.79 Å². The minimum Gasteiger partial charge on any atom is -0.454 e. The summed E-state index contributed by atoms with van der Waals surface area (Å²) in [7, 11) is 0. The molecule has 7 heteroatoms. The number of carbonyl (C=O) groups excluding carboxylic acids is 1. The summed E-state index contributed by atoms with van der Waals surface area (Å²) in [5, 5.41) is 1.59. The van der Waals surface area contributed by atoms with Crippen molar-refractivity contribution in [3.8, 4) is 11.5 Å². The number of hydrogen-bond donors (Lipinski definition) is 0. The molecule has 5 nitrogen and oxygen atoms in total. The number of ether oxygens (including phenoxy) is 2.